The summed E-state index contributed by atoms with van der Waals surface area (Å²) in [4.78, 5) is 12.1. The van der Waals surface area contributed by atoms with Gasteiger partial charge in [-0.3, -0.25) is 4.79 Å². The fraction of sp³-hybridized carbons (Fsp3) is 0.500. The second-order valence-electron chi connectivity index (χ2n) is 4.59. The molecule has 0 spiro atoms. The van der Waals surface area contributed by atoms with Crippen LogP contribution in [0.1, 0.15) is 26.2 Å². The monoisotopic (exact) mass is 260 g/mol. The van der Waals surface area contributed by atoms with E-state index < -0.39 is 0 Å². The van der Waals surface area contributed by atoms with Crippen molar-refractivity contribution in [3.8, 4) is 0 Å². The molecule has 19 heavy (non-hydrogen) atoms. The van der Waals surface area contributed by atoms with Crippen molar-refractivity contribution >= 4 is 10.9 Å². The average Bonchev–Trinajstić information content (AvgIpc) is 2.45. The van der Waals surface area contributed by atoms with E-state index in [1.54, 1.807) is 12.1 Å². The first kappa shape index (κ1) is 13.7. The van der Waals surface area contributed by atoms with Gasteiger partial charge in [-0.15, -0.1) is 5.10 Å². The fourth-order valence-electron chi connectivity index (χ4n) is 1.98. The van der Waals surface area contributed by atoms with Gasteiger partial charge in [-0.2, -0.15) is 0 Å². The van der Waals surface area contributed by atoms with Gasteiger partial charge in [0.2, 0.25) is 0 Å². The van der Waals surface area contributed by atoms with Crippen molar-refractivity contribution in [2.45, 2.75) is 32.7 Å². The average molecular weight is 260 g/mol. The first-order chi connectivity index (χ1) is 9.33. The van der Waals surface area contributed by atoms with Crippen LogP contribution < -0.4 is 10.9 Å². The normalized spacial score (nSPS) is 11.0. The molecule has 1 heterocycles. The Kier molecular flexibility index (Phi) is 5.03. The fourth-order valence-corrected chi connectivity index (χ4v) is 1.98. The molecular weight excluding hydrogens is 240 g/mol. The number of aromatic nitrogens is 3. The molecule has 1 aromatic carbocycles. The lowest BCUT2D eigenvalue weighted by Gasteiger charge is -2.06. The number of unbranched alkanes of at least 4 members (excludes halogenated alkanes) is 2. The Morgan fingerprint density at radius 3 is 2.89 bits per heavy atom. The molecule has 1 aromatic heterocycles. The summed E-state index contributed by atoms with van der Waals surface area (Å²) in [6, 6.07) is 7.30. The highest BCUT2D eigenvalue weighted by molar-refractivity contribution is 5.76. The Hall–Kier alpha value is -1.75. The summed E-state index contributed by atoms with van der Waals surface area (Å²) in [5.74, 6) is 0. The maximum Gasteiger partial charge on any atom is 0.277 e. The molecule has 0 saturated carbocycles. The highest BCUT2D eigenvalue weighted by Gasteiger charge is 2.03. The SMILES string of the molecule is CCCCCNCCn1nnc2ccccc2c1=O. The summed E-state index contributed by atoms with van der Waals surface area (Å²) < 4.78 is 1.43. The summed E-state index contributed by atoms with van der Waals surface area (Å²) >= 11 is 0. The van der Waals surface area contributed by atoms with E-state index in [1.165, 1.54) is 23.9 Å². The third-order valence-electron chi connectivity index (χ3n) is 3.09. The highest BCUT2D eigenvalue weighted by Crippen LogP contribution is 2.02. The Balaban J connectivity index is 1.94. The minimum Gasteiger partial charge on any atom is -0.315 e. The van der Waals surface area contributed by atoms with E-state index in [-0.39, 0.29) is 5.56 Å². The maximum atomic E-state index is 12.1. The number of rotatable bonds is 7. The highest BCUT2D eigenvalue weighted by atomic mass is 16.1. The molecular formula is C14H20N4O. The largest absolute Gasteiger partial charge is 0.315 e. The molecule has 0 atom stereocenters. The number of nitrogens with zero attached hydrogens (tertiary/aromatic N) is 3. The molecule has 0 unspecified atom stereocenters. The van der Waals surface area contributed by atoms with Crippen molar-refractivity contribution in [2.24, 2.45) is 0 Å². The van der Waals surface area contributed by atoms with Crippen LogP contribution in [0, 0.1) is 0 Å². The number of hydrogen-bond donors (Lipinski definition) is 1. The van der Waals surface area contributed by atoms with Crippen LogP contribution in [-0.2, 0) is 6.54 Å². The van der Waals surface area contributed by atoms with Gasteiger partial charge in [0.05, 0.1) is 11.9 Å². The van der Waals surface area contributed by atoms with Crippen molar-refractivity contribution in [1.29, 1.82) is 0 Å². The zero-order valence-electron chi connectivity index (χ0n) is 11.3. The standard InChI is InChI=1S/C14H20N4O/c1-2-3-6-9-15-10-11-18-14(19)12-7-4-5-8-13(12)16-17-18/h4-5,7-8,15H,2-3,6,9-11H2,1H3. The van der Waals surface area contributed by atoms with Gasteiger partial charge in [0.25, 0.3) is 5.56 Å². The Morgan fingerprint density at radius 2 is 2.05 bits per heavy atom. The van der Waals surface area contributed by atoms with Crippen LogP contribution in [-0.4, -0.2) is 28.1 Å². The van der Waals surface area contributed by atoms with E-state index in [0.29, 0.717) is 17.4 Å². The molecule has 5 nitrogen and oxygen atoms in total. The van der Waals surface area contributed by atoms with E-state index in [1.807, 2.05) is 12.1 Å². The lowest BCUT2D eigenvalue weighted by molar-refractivity contribution is 0.506. The third-order valence-corrected chi connectivity index (χ3v) is 3.09. The van der Waals surface area contributed by atoms with Gasteiger partial charge in [0.1, 0.15) is 5.52 Å². The summed E-state index contributed by atoms with van der Waals surface area (Å²) in [5, 5.41) is 12.0. The molecule has 2 rings (SSSR count). The predicted octanol–water partition coefficient (Wildman–Crippen LogP) is 1.57. The molecule has 0 amide bonds. The van der Waals surface area contributed by atoms with E-state index in [4.69, 9.17) is 0 Å². The summed E-state index contributed by atoms with van der Waals surface area (Å²) in [7, 11) is 0. The zero-order chi connectivity index (χ0) is 13.5. The van der Waals surface area contributed by atoms with Gasteiger partial charge in [0, 0.05) is 6.54 Å². The molecule has 0 bridgehead atoms. The van der Waals surface area contributed by atoms with Crippen molar-refractivity contribution in [2.75, 3.05) is 13.1 Å². The Bertz CT molecular complexity index is 579. The molecule has 0 saturated heterocycles. The number of benzene rings is 1. The second kappa shape index (κ2) is 6.99. The lowest BCUT2D eigenvalue weighted by atomic mass is 10.2. The molecule has 2 aromatic rings. The molecule has 0 aliphatic carbocycles. The quantitative estimate of drug-likeness (QED) is 0.768. The molecule has 5 heteroatoms. The van der Waals surface area contributed by atoms with E-state index in [0.717, 1.165) is 13.1 Å². The minimum absolute atomic E-state index is 0.0686. The molecule has 102 valence electrons. The van der Waals surface area contributed by atoms with Crippen LogP contribution in [0.2, 0.25) is 0 Å². The molecule has 0 radical (unpaired) electrons. The number of hydrogen-bond acceptors (Lipinski definition) is 4. The summed E-state index contributed by atoms with van der Waals surface area (Å²) in [5.41, 5.74) is 0.584. The van der Waals surface area contributed by atoms with Gasteiger partial charge in [0.15, 0.2) is 0 Å². The maximum absolute atomic E-state index is 12.1. The van der Waals surface area contributed by atoms with Crippen LogP contribution in [0.5, 0.6) is 0 Å². The lowest BCUT2D eigenvalue weighted by Crippen LogP contribution is -2.30. The smallest absolute Gasteiger partial charge is 0.277 e. The molecule has 1 N–H and O–H groups in total. The van der Waals surface area contributed by atoms with Crippen LogP contribution in [0.4, 0.5) is 0 Å². The molecule has 0 aliphatic heterocycles. The van der Waals surface area contributed by atoms with Gasteiger partial charge in [-0.1, -0.05) is 37.1 Å². The summed E-state index contributed by atoms with van der Waals surface area (Å²) in [6.45, 7) is 4.48. The van der Waals surface area contributed by atoms with Crippen molar-refractivity contribution in [1.82, 2.24) is 20.3 Å². The van der Waals surface area contributed by atoms with E-state index >= 15 is 0 Å². The topological polar surface area (TPSA) is 59.8 Å². The van der Waals surface area contributed by atoms with Gasteiger partial charge < -0.3 is 5.32 Å². The van der Waals surface area contributed by atoms with Crippen molar-refractivity contribution < 1.29 is 0 Å². The van der Waals surface area contributed by atoms with Gasteiger partial charge in [-0.25, -0.2) is 4.68 Å². The number of nitrogens with one attached hydrogen (secondary N) is 1. The first-order valence-corrected chi connectivity index (χ1v) is 6.86. The Morgan fingerprint density at radius 1 is 1.21 bits per heavy atom. The number of fused-ring (bicyclic) bond motifs is 1. The van der Waals surface area contributed by atoms with Gasteiger partial charge in [-0.05, 0) is 25.1 Å². The van der Waals surface area contributed by atoms with Gasteiger partial charge >= 0.3 is 0 Å². The van der Waals surface area contributed by atoms with E-state index in [9.17, 15) is 4.79 Å². The Labute approximate surface area is 112 Å². The van der Waals surface area contributed by atoms with Crippen LogP contribution >= 0.6 is 0 Å². The predicted molar refractivity (Wildman–Crippen MR) is 76.2 cm³/mol. The summed E-state index contributed by atoms with van der Waals surface area (Å²) in [6.07, 6.45) is 3.63. The van der Waals surface area contributed by atoms with Crippen molar-refractivity contribution in [3.05, 3.63) is 34.6 Å². The minimum atomic E-state index is -0.0686. The molecule has 0 aliphatic rings. The first-order valence-electron chi connectivity index (χ1n) is 6.86. The van der Waals surface area contributed by atoms with Crippen LogP contribution in [0.25, 0.3) is 10.9 Å². The third kappa shape index (κ3) is 3.61. The second-order valence-corrected chi connectivity index (χ2v) is 4.59. The van der Waals surface area contributed by atoms with Crippen LogP contribution in [0.15, 0.2) is 29.1 Å². The van der Waals surface area contributed by atoms with Crippen molar-refractivity contribution in [3.63, 3.8) is 0 Å². The zero-order valence-corrected chi connectivity index (χ0v) is 11.3. The molecule has 0 fully saturated rings. The van der Waals surface area contributed by atoms with Crippen LogP contribution in [0.3, 0.4) is 0 Å². The van der Waals surface area contributed by atoms with E-state index in [2.05, 4.69) is 22.6 Å².